The Kier molecular flexibility index (Phi) is 12.7. The number of para-hydroxylation sites is 1. The first-order valence-corrected chi connectivity index (χ1v) is 18.8. The van der Waals surface area contributed by atoms with Crippen LogP contribution in [0.1, 0.15) is 61.5 Å². The van der Waals surface area contributed by atoms with Gasteiger partial charge in [0.2, 0.25) is 0 Å². The number of amides is 1. The summed E-state index contributed by atoms with van der Waals surface area (Å²) in [4.78, 5) is 13.4. The first-order chi connectivity index (χ1) is 18.9. The first kappa shape index (κ1) is 35.1. The summed E-state index contributed by atoms with van der Waals surface area (Å²) in [6.45, 7) is 13.5. The van der Waals surface area contributed by atoms with Gasteiger partial charge in [0.25, 0.3) is 16.0 Å². The SMILES string of the molecule is C[C@H](COc1c(C#N)cccc1C(=O)NC[C@@H](CCO[Si](C)(C)C(C)(C)C)c1ccc(Cl)c(Cl)c1)COS(C)(=O)=O. The highest BCUT2D eigenvalue weighted by molar-refractivity contribution is 7.85. The molecule has 2 atom stereocenters. The van der Waals surface area contributed by atoms with Crippen molar-refractivity contribution >= 4 is 47.5 Å². The van der Waals surface area contributed by atoms with E-state index in [4.69, 9.17) is 36.5 Å². The Bertz CT molecular complexity index is 1360. The van der Waals surface area contributed by atoms with Crippen molar-refractivity contribution < 1.29 is 26.6 Å². The molecule has 0 unspecified atom stereocenters. The van der Waals surface area contributed by atoms with Crippen LogP contribution >= 0.6 is 23.2 Å². The Hall–Kier alpha value is -2.13. The molecule has 0 saturated carbocycles. The molecule has 1 N–H and O–H groups in total. The number of halogens is 2. The second kappa shape index (κ2) is 14.9. The zero-order valence-corrected chi connectivity index (χ0v) is 28.0. The lowest BCUT2D eigenvalue weighted by molar-refractivity contribution is 0.0943. The average molecular weight is 644 g/mol. The lowest BCUT2D eigenvalue weighted by Gasteiger charge is -2.36. The summed E-state index contributed by atoms with van der Waals surface area (Å²) in [6, 6.07) is 12.2. The van der Waals surface area contributed by atoms with Gasteiger partial charge in [0.05, 0.1) is 40.6 Å². The highest BCUT2D eigenvalue weighted by Crippen LogP contribution is 2.37. The van der Waals surface area contributed by atoms with Crippen molar-refractivity contribution in [1.82, 2.24) is 5.32 Å². The summed E-state index contributed by atoms with van der Waals surface area (Å²) in [5.41, 5.74) is 1.31. The summed E-state index contributed by atoms with van der Waals surface area (Å²) >= 11 is 12.5. The van der Waals surface area contributed by atoms with E-state index in [0.29, 0.717) is 23.1 Å². The third-order valence-corrected chi connectivity index (χ3v) is 13.0. The number of nitrogens with zero attached hydrogens (tertiary/aromatic N) is 1. The molecule has 1 amide bonds. The quantitative estimate of drug-likeness (QED) is 0.178. The van der Waals surface area contributed by atoms with E-state index in [2.05, 4.69) is 45.3 Å². The monoisotopic (exact) mass is 642 g/mol. The zero-order valence-electron chi connectivity index (χ0n) is 24.7. The van der Waals surface area contributed by atoms with Crippen LogP contribution in [-0.2, 0) is 18.7 Å². The summed E-state index contributed by atoms with van der Waals surface area (Å²) < 4.78 is 39.7. The van der Waals surface area contributed by atoms with Crippen molar-refractivity contribution in [3.63, 3.8) is 0 Å². The minimum Gasteiger partial charge on any atom is -0.491 e. The Morgan fingerprint density at radius 3 is 2.39 bits per heavy atom. The number of rotatable bonds is 14. The summed E-state index contributed by atoms with van der Waals surface area (Å²) in [7, 11) is -5.56. The van der Waals surface area contributed by atoms with Crippen LogP contribution in [0.25, 0.3) is 0 Å². The molecule has 2 rings (SSSR count). The Labute approximate surface area is 255 Å². The Morgan fingerprint density at radius 1 is 1.12 bits per heavy atom. The molecule has 0 fully saturated rings. The van der Waals surface area contributed by atoms with Crippen molar-refractivity contribution in [3.8, 4) is 11.8 Å². The van der Waals surface area contributed by atoms with Crippen molar-refractivity contribution in [2.45, 2.75) is 58.2 Å². The zero-order chi connectivity index (χ0) is 31.0. The van der Waals surface area contributed by atoms with Crippen LogP contribution in [0.2, 0.25) is 28.2 Å². The number of hydrogen-bond donors (Lipinski definition) is 1. The normalized spacial score (nSPS) is 13.8. The number of nitriles is 1. The van der Waals surface area contributed by atoms with Crippen LogP contribution < -0.4 is 10.1 Å². The van der Waals surface area contributed by atoms with Gasteiger partial charge in [-0.1, -0.05) is 63.0 Å². The highest BCUT2D eigenvalue weighted by Gasteiger charge is 2.37. The predicted molar refractivity (Wildman–Crippen MR) is 166 cm³/mol. The van der Waals surface area contributed by atoms with E-state index < -0.39 is 24.3 Å². The second-order valence-electron chi connectivity index (χ2n) is 11.7. The molecule has 0 aliphatic heterocycles. The molecule has 8 nitrogen and oxygen atoms in total. The molecule has 41 heavy (non-hydrogen) atoms. The molecule has 0 aliphatic rings. The first-order valence-electron chi connectivity index (χ1n) is 13.3. The second-order valence-corrected chi connectivity index (χ2v) is 18.9. The summed E-state index contributed by atoms with van der Waals surface area (Å²) in [6.07, 6.45) is 1.61. The summed E-state index contributed by atoms with van der Waals surface area (Å²) in [5, 5.41) is 13.6. The maximum atomic E-state index is 13.4. The predicted octanol–water partition coefficient (Wildman–Crippen LogP) is 6.78. The van der Waals surface area contributed by atoms with Gasteiger partial charge in [-0.05, 0) is 54.4 Å². The van der Waals surface area contributed by atoms with Crippen molar-refractivity contribution in [1.29, 1.82) is 5.26 Å². The molecule has 12 heteroatoms. The van der Waals surface area contributed by atoms with Crippen LogP contribution in [0.5, 0.6) is 5.75 Å². The molecule has 0 radical (unpaired) electrons. The van der Waals surface area contributed by atoms with Crippen molar-refractivity contribution in [3.05, 3.63) is 63.1 Å². The summed E-state index contributed by atoms with van der Waals surface area (Å²) in [5.74, 6) is -0.707. The lowest BCUT2D eigenvalue weighted by atomic mass is 9.95. The third-order valence-electron chi connectivity index (χ3n) is 7.12. The van der Waals surface area contributed by atoms with Gasteiger partial charge in [-0.2, -0.15) is 13.7 Å². The van der Waals surface area contributed by atoms with E-state index in [9.17, 15) is 18.5 Å². The molecule has 0 bridgehead atoms. The standard InChI is InChI=1S/C29H40Cl2N2O6SSi/c1-20(19-38-40(5,35)36)18-37-27-22(16-32)9-8-10-24(27)28(34)33-17-23(21-11-12-25(30)26(31)15-21)13-14-39-41(6,7)29(2,3)4/h8-12,15,20,23H,13-14,17-19H2,1-7H3,(H,33,34)/t20-,23-/m1/s1. The topological polar surface area (TPSA) is 115 Å². The molecular weight excluding hydrogens is 603 g/mol. The van der Waals surface area contributed by atoms with Crippen LogP contribution in [0.3, 0.4) is 0 Å². The number of carbonyl (C=O) groups excluding carboxylic acids is 1. The lowest BCUT2D eigenvalue weighted by Crippen LogP contribution is -2.41. The maximum Gasteiger partial charge on any atom is 0.264 e. The average Bonchev–Trinajstić information content (AvgIpc) is 2.88. The molecule has 0 aromatic heterocycles. The fourth-order valence-corrected chi connectivity index (χ4v) is 5.46. The van der Waals surface area contributed by atoms with Gasteiger partial charge < -0.3 is 14.5 Å². The number of hydrogen-bond acceptors (Lipinski definition) is 7. The van der Waals surface area contributed by atoms with E-state index >= 15 is 0 Å². The van der Waals surface area contributed by atoms with E-state index in [0.717, 1.165) is 11.8 Å². The van der Waals surface area contributed by atoms with Gasteiger partial charge in [-0.3, -0.25) is 8.98 Å². The van der Waals surface area contributed by atoms with Gasteiger partial charge in [-0.15, -0.1) is 0 Å². The Morgan fingerprint density at radius 2 is 1.80 bits per heavy atom. The highest BCUT2D eigenvalue weighted by atomic mass is 35.5. The minimum atomic E-state index is -3.60. The number of nitrogens with one attached hydrogen (secondary N) is 1. The van der Waals surface area contributed by atoms with Gasteiger partial charge in [0, 0.05) is 25.0 Å². The fourth-order valence-electron chi connectivity index (χ4n) is 3.61. The van der Waals surface area contributed by atoms with E-state index in [1.807, 2.05) is 6.07 Å². The number of benzene rings is 2. The van der Waals surface area contributed by atoms with E-state index in [-0.39, 0.29) is 53.5 Å². The molecule has 2 aromatic carbocycles. The molecule has 2 aromatic rings. The van der Waals surface area contributed by atoms with Crippen LogP contribution in [0, 0.1) is 17.2 Å². The van der Waals surface area contributed by atoms with Gasteiger partial charge in [0.1, 0.15) is 11.8 Å². The van der Waals surface area contributed by atoms with Crippen LogP contribution in [0.15, 0.2) is 36.4 Å². The Balaban J connectivity index is 2.21. The third kappa shape index (κ3) is 10.9. The fraction of sp³-hybridized carbons (Fsp3) is 0.517. The van der Waals surface area contributed by atoms with Gasteiger partial charge in [0.15, 0.2) is 8.32 Å². The van der Waals surface area contributed by atoms with E-state index in [1.165, 1.54) is 0 Å². The smallest absolute Gasteiger partial charge is 0.264 e. The molecule has 0 heterocycles. The molecule has 0 spiro atoms. The number of ether oxygens (including phenoxy) is 1. The largest absolute Gasteiger partial charge is 0.491 e. The minimum absolute atomic E-state index is 0.0468. The molecule has 226 valence electrons. The van der Waals surface area contributed by atoms with Gasteiger partial charge in [-0.25, -0.2) is 0 Å². The van der Waals surface area contributed by atoms with Crippen LogP contribution in [-0.4, -0.2) is 55.3 Å². The van der Waals surface area contributed by atoms with Crippen molar-refractivity contribution in [2.75, 3.05) is 32.6 Å². The number of carbonyl (C=O) groups is 1. The maximum absolute atomic E-state index is 13.4. The van der Waals surface area contributed by atoms with E-state index in [1.54, 1.807) is 37.3 Å². The molecular formula is C29H40Cl2N2O6SSi. The van der Waals surface area contributed by atoms with Crippen LogP contribution in [0.4, 0.5) is 0 Å². The molecule has 0 saturated heterocycles. The van der Waals surface area contributed by atoms with Gasteiger partial charge >= 0.3 is 0 Å². The molecule has 0 aliphatic carbocycles. The van der Waals surface area contributed by atoms with Crippen molar-refractivity contribution in [2.24, 2.45) is 5.92 Å².